The molecule has 0 bridgehead atoms. The van der Waals surface area contributed by atoms with Crippen molar-refractivity contribution >= 4 is 17.5 Å². The minimum absolute atomic E-state index is 0.00544. The van der Waals surface area contributed by atoms with Gasteiger partial charge in [-0.05, 0) is 25.2 Å². The molecule has 10 nitrogen and oxygen atoms in total. The number of fused-ring (bicyclic) bond motifs is 1. The second kappa shape index (κ2) is 8.72. The molecule has 1 amide bonds. The van der Waals surface area contributed by atoms with Gasteiger partial charge in [-0.1, -0.05) is 0 Å². The fourth-order valence-electron chi connectivity index (χ4n) is 3.60. The van der Waals surface area contributed by atoms with Crippen molar-refractivity contribution in [3.05, 3.63) is 48.2 Å². The number of hydrogen-bond donors (Lipinski definition) is 0. The normalized spacial score (nSPS) is 17.4. The number of carbonyl (C=O) groups is 1. The van der Waals surface area contributed by atoms with Gasteiger partial charge in [0, 0.05) is 58.9 Å². The lowest BCUT2D eigenvalue weighted by Crippen LogP contribution is -2.47. The third-order valence-electron chi connectivity index (χ3n) is 5.43. The van der Waals surface area contributed by atoms with E-state index in [0.29, 0.717) is 36.9 Å². The van der Waals surface area contributed by atoms with Crippen molar-refractivity contribution in [1.29, 1.82) is 0 Å². The van der Waals surface area contributed by atoms with E-state index in [4.69, 9.17) is 4.74 Å². The van der Waals surface area contributed by atoms with E-state index < -0.39 is 0 Å². The van der Waals surface area contributed by atoms with Crippen LogP contribution in [0.4, 0.5) is 5.95 Å². The molecule has 3 aromatic rings. The molecule has 1 atom stereocenters. The summed E-state index contributed by atoms with van der Waals surface area (Å²) >= 11 is 0. The van der Waals surface area contributed by atoms with Gasteiger partial charge in [-0.25, -0.2) is 9.97 Å². The van der Waals surface area contributed by atoms with Gasteiger partial charge in [0.15, 0.2) is 11.5 Å². The molecule has 4 rings (SSSR count). The average molecular weight is 410 g/mol. The zero-order chi connectivity index (χ0) is 21.1. The highest BCUT2D eigenvalue weighted by Crippen LogP contribution is 2.25. The molecule has 30 heavy (non-hydrogen) atoms. The number of carbonyl (C=O) groups excluding carboxylic acids is 1. The first kappa shape index (κ1) is 20.2. The molecule has 0 N–H and O–H groups in total. The van der Waals surface area contributed by atoms with Crippen LogP contribution >= 0.6 is 0 Å². The summed E-state index contributed by atoms with van der Waals surface area (Å²) in [5, 5.41) is 8.76. The van der Waals surface area contributed by atoms with E-state index in [2.05, 4.69) is 37.0 Å². The van der Waals surface area contributed by atoms with Crippen molar-refractivity contribution in [2.24, 2.45) is 0 Å². The van der Waals surface area contributed by atoms with Gasteiger partial charge in [0.2, 0.25) is 5.95 Å². The van der Waals surface area contributed by atoms with Crippen molar-refractivity contribution in [3.63, 3.8) is 0 Å². The topological polar surface area (TPSA) is 92.0 Å². The Kier molecular flexibility index (Phi) is 5.86. The lowest BCUT2D eigenvalue weighted by Gasteiger charge is -2.38. The minimum atomic E-state index is -0.0649. The highest BCUT2D eigenvalue weighted by atomic mass is 16.5. The van der Waals surface area contributed by atoms with E-state index in [0.717, 1.165) is 18.9 Å². The summed E-state index contributed by atoms with van der Waals surface area (Å²) in [5.41, 5.74) is 1.30. The Morgan fingerprint density at radius 3 is 2.80 bits per heavy atom. The predicted molar refractivity (Wildman–Crippen MR) is 111 cm³/mol. The number of piperazine rings is 1. The van der Waals surface area contributed by atoms with Gasteiger partial charge in [-0.2, -0.15) is 0 Å². The highest BCUT2D eigenvalue weighted by molar-refractivity contribution is 5.94. The van der Waals surface area contributed by atoms with Crippen molar-refractivity contribution < 1.29 is 9.53 Å². The van der Waals surface area contributed by atoms with E-state index >= 15 is 0 Å². The largest absolute Gasteiger partial charge is 0.383 e. The number of rotatable bonds is 6. The molecule has 0 unspecified atom stereocenters. The molecule has 0 aliphatic carbocycles. The Labute approximate surface area is 175 Å². The molecule has 4 heterocycles. The SMILES string of the molecule is COCCN(C)C(=O)c1ccc2nnc([C@H]3CN(c4ncccn4)CCN3C)n2c1. The Morgan fingerprint density at radius 1 is 1.23 bits per heavy atom. The van der Waals surface area contributed by atoms with Gasteiger partial charge in [-0.3, -0.25) is 14.1 Å². The second-order valence-electron chi connectivity index (χ2n) is 7.41. The monoisotopic (exact) mass is 410 g/mol. The second-order valence-corrected chi connectivity index (χ2v) is 7.41. The smallest absolute Gasteiger partial charge is 0.255 e. The average Bonchev–Trinajstić information content (AvgIpc) is 3.21. The third-order valence-corrected chi connectivity index (χ3v) is 5.43. The fraction of sp³-hybridized carbons (Fsp3) is 0.450. The van der Waals surface area contributed by atoms with Gasteiger partial charge in [0.25, 0.3) is 5.91 Å². The van der Waals surface area contributed by atoms with Gasteiger partial charge >= 0.3 is 0 Å². The van der Waals surface area contributed by atoms with Crippen molar-refractivity contribution in [1.82, 2.24) is 34.4 Å². The first-order valence-electron chi connectivity index (χ1n) is 9.89. The summed E-state index contributed by atoms with van der Waals surface area (Å²) < 4.78 is 6.98. The number of anilines is 1. The zero-order valence-electron chi connectivity index (χ0n) is 17.5. The molecule has 0 aromatic carbocycles. The van der Waals surface area contributed by atoms with Gasteiger partial charge in [0.05, 0.1) is 18.2 Å². The van der Waals surface area contributed by atoms with E-state index in [1.165, 1.54) is 0 Å². The summed E-state index contributed by atoms with van der Waals surface area (Å²) in [7, 11) is 5.46. The molecule has 0 radical (unpaired) electrons. The van der Waals surface area contributed by atoms with E-state index in [9.17, 15) is 4.79 Å². The molecule has 0 spiro atoms. The van der Waals surface area contributed by atoms with E-state index in [-0.39, 0.29) is 11.9 Å². The van der Waals surface area contributed by atoms with Crippen molar-refractivity contribution in [2.75, 3.05) is 58.9 Å². The molecular weight excluding hydrogens is 384 g/mol. The maximum atomic E-state index is 12.8. The predicted octanol–water partition coefficient (Wildman–Crippen LogP) is 0.731. The van der Waals surface area contributed by atoms with Crippen LogP contribution in [-0.4, -0.2) is 94.3 Å². The number of aromatic nitrogens is 5. The number of methoxy groups -OCH3 is 1. The van der Waals surface area contributed by atoms with Gasteiger partial charge in [0.1, 0.15) is 0 Å². The first-order valence-corrected chi connectivity index (χ1v) is 9.89. The number of amides is 1. The van der Waals surface area contributed by atoms with Crippen LogP contribution in [0.15, 0.2) is 36.8 Å². The van der Waals surface area contributed by atoms with Crippen LogP contribution in [-0.2, 0) is 4.74 Å². The van der Waals surface area contributed by atoms with Crippen LogP contribution in [0.2, 0.25) is 0 Å². The lowest BCUT2D eigenvalue weighted by atomic mass is 10.1. The molecule has 0 saturated carbocycles. The maximum Gasteiger partial charge on any atom is 0.255 e. The van der Waals surface area contributed by atoms with Crippen LogP contribution < -0.4 is 4.90 Å². The molecule has 1 aliphatic heterocycles. The molecule has 1 fully saturated rings. The number of nitrogens with zero attached hydrogens (tertiary/aromatic N) is 8. The van der Waals surface area contributed by atoms with Crippen molar-refractivity contribution in [2.45, 2.75) is 6.04 Å². The quantitative estimate of drug-likeness (QED) is 0.587. The summed E-state index contributed by atoms with van der Waals surface area (Å²) in [6.07, 6.45) is 5.32. The zero-order valence-corrected chi connectivity index (χ0v) is 17.5. The Hall–Kier alpha value is -3.11. The van der Waals surface area contributed by atoms with Crippen LogP contribution in [0.3, 0.4) is 0 Å². The molecule has 1 saturated heterocycles. The number of ether oxygens (including phenoxy) is 1. The molecule has 1 aliphatic rings. The number of likely N-dealkylation sites (N-methyl/N-ethyl adjacent to an activating group) is 2. The fourth-order valence-corrected chi connectivity index (χ4v) is 3.60. The Bertz CT molecular complexity index is 1010. The van der Waals surface area contributed by atoms with Crippen LogP contribution in [0.1, 0.15) is 22.2 Å². The maximum absolute atomic E-state index is 12.8. The molecule has 158 valence electrons. The first-order chi connectivity index (χ1) is 14.6. The van der Waals surface area contributed by atoms with Crippen molar-refractivity contribution in [3.8, 4) is 0 Å². The summed E-state index contributed by atoms with van der Waals surface area (Å²) in [6, 6.07) is 5.42. The summed E-state index contributed by atoms with van der Waals surface area (Å²) in [4.78, 5) is 27.6. The van der Waals surface area contributed by atoms with Crippen LogP contribution in [0.5, 0.6) is 0 Å². The minimum Gasteiger partial charge on any atom is -0.383 e. The number of pyridine rings is 1. The molecule has 10 heteroatoms. The third kappa shape index (κ3) is 3.96. The summed E-state index contributed by atoms with van der Waals surface area (Å²) in [6.45, 7) is 3.39. The van der Waals surface area contributed by atoms with Gasteiger partial charge < -0.3 is 14.5 Å². The van der Waals surface area contributed by atoms with Crippen LogP contribution in [0, 0.1) is 0 Å². The summed E-state index contributed by atoms with van der Waals surface area (Å²) in [5.74, 6) is 1.44. The Balaban J connectivity index is 1.62. The molecular formula is C20H26N8O2. The Morgan fingerprint density at radius 2 is 2.03 bits per heavy atom. The standard InChI is InChI=1S/C20H26N8O2/c1-25-9-10-27(20-21-7-4-8-22-20)14-16(25)18-24-23-17-6-5-15(13-28(17)18)19(29)26(2)11-12-30-3/h4-8,13,16H,9-12,14H2,1-3H3/t16-/m1/s1. The van der Waals surface area contributed by atoms with Crippen LogP contribution in [0.25, 0.3) is 5.65 Å². The number of hydrogen-bond acceptors (Lipinski definition) is 8. The van der Waals surface area contributed by atoms with Gasteiger partial charge in [-0.15, -0.1) is 10.2 Å². The molecule has 3 aromatic heterocycles. The lowest BCUT2D eigenvalue weighted by molar-refractivity contribution is 0.0743. The highest BCUT2D eigenvalue weighted by Gasteiger charge is 2.30. The van der Waals surface area contributed by atoms with E-state index in [1.807, 2.05) is 22.7 Å². The van der Waals surface area contributed by atoms with E-state index in [1.54, 1.807) is 37.5 Å².